The molecule has 2 bridgehead atoms. The first-order valence-corrected chi connectivity index (χ1v) is 7.46. The summed E-state index contributed by atoms with van der Waals surface area (Å²) < 4.78 is 0. The summed E-state index contributed by atoms with van der Waals surface area (Å²) in [7, 11) is 0. The van der Waals surface area contributed by atoms with Crippen molar-refractivity contribution in [3.8, 4) is 5.75 Å². The van der Waals surface area contributed by atoms with Crippen molar-refractivity contribution in [3.63, 3.8) is 0 Å². The van der Waals surface area contributed by atoms with Gasteiger partial charge in [0, 0.05) is 11.7 Å². The number of anilines is 1. The first-order chi connectivity index (χ1) is 8.83. The molecule has 19 heavy (non-hydrogen) atoms. The van der Waals surface area contributed by atoms with Crippen LogP contribution in [0, 0.1) is 16.7 Å². The Hall–Kier alpha value is -0.890. The van der Waals surface area contributed by atoms with Gasteiger partial charge in [-0.15, -0.1) is 0 Å². The van der Waals surface area contributed by atoms with Crippen molar-refractivity contribution in [3.05, 3.63) is 23.2 Å². The second kappa shape index (κ2) is 4.05. The normalized spacial score (nSPS) is 35.6. The predicted molar refractivity (Wildman–Crippen MR) is 79.8 cm³/mol. The molecule has 0 saturated heterocycles. The summed E-state index contributed by atoms with van der Waals surface area (Å²) in [6.07, 6.45) is 3.99. The average molecular weight is 280 g/mol. The molecular formula is C16H22ClNO. The molecule has 2 saturated carbocycles. The Morgan fingerprint density at radius 3 is 2.63 bits per heavy atom. The SMILES string of the molecule is CC12CCC(C1)C(C)(C)C2Nc1ccc(O)c(Cl)c1. The molecule has 2 aliphatic carbocycles. The molecule has 3 unspecified atom stereocenters. The summed E-state index contributed by atoms with van der Waals surface area (Å²) in [6.45, 7) is 7.16. The molecule has 0 radical (unpaired) electrons. The van der Waals surface area contributed by atoms with Crippen LogP contribution in [0.2, 0.25) is 5.02 Å². The molecule has 104 valence electrons. The quantitative estimate of drug-likeness (QED) is 0.771. The van der Waals surface area contributed by atoms with Crippen LogP contribution in [0.3, 0.4) is 0 Å². The van der Waals surface area contributed by atoms with Gasteiger partial charge in [0.15, 0.2) is 0 Å². The lowest BCUT2D eigenvalue weighted by molar-refractivity contribution is 0.155. The van der Waals surface area contributed by atoms with Crippen LogP contribution in [0.4, 0.5) is 5.69 Å². The lowest BCUT2D eigenvalue weighted by Gasteiger charge is -2.43. The van der Waals surface area contributed by atoms with Crippen LogP contribution in [0.15, 0.2) is 18.2 Å². The van der Waals surface area contributed by atoms with E-state index in [2.05, 4.69) is 26.1 Å². The highest BCUT2D eigenvalue weighted by Crippen LogP contribution is 2.63. The van der Waals surface area contributed by atoms with E-state index in [1.165, 1.54) is 19.3 Å². The second-order valence-corrected chi connectivity index (χ2v) is 7.57. The van der Waals surface area contributed by atoms with E-state index in [1.54, 1.807) is 6.07 Å². The maximum absolute atomic E-state index is 9.50. The fraction of sp³-hybridized carbons (Fsp3) is 0.625. The van der Waals surface area contributed by atoms with Gasteiger partial charge in [-0.25, -0.2) is 0 Å². The number of phenolic OH excluding ortho intramolecular Hbond substituents is 1. The Morgan fingerprint density at radius 1 is 1.32 bits per heavy atom. The fourth-order valence-electron chi connectivity index (χ4n) is 4.43. The van der Waals surface area contributed by atoms with Gasteiger partial charge < -0.3 is 10.4 Å². The molecule has 1 aromatic carbocycles. The van der Waals surface area contributed by atoms with Gasteiger partial charge in [0.2, 0.25) is 0 Å². The van der Waals surface area contributed by atoms with Crippen LogP contribution in [0.1, 0.15) is 40.0 Å². The monoisotopic (exact) mass is 279 g/mol. The highest BCUT2D eigenvalue weighted by Gasteiger charge is 2.59. The molecule has 2 fully saturated rings. The van der Waals surface area contributed by atoms with Crippen molar-refractivity contribution in [2.75, 3.05) is 5.32 Å². The smallest absolute Gasteiger partial charge is 0.134 e. The van der Waals surface area contributed by atoms with E-state index in [1.807, 2.05) is 12.1 Å². The minimum absolute atomic E-state index is 0.144. The first-order valence-electron chi connectivity index (χ1n) is 7.08. The van der Waals surface area contributed by atoms with E-state index in [-0.39, 0.29) is 5.75 Å². The van der Waals surface area contributed by atoms with Gasteiger partial charge in [0.05, 0.1) is 5.02 Å². The van der Waals surface area contributed by atoms with E-state index >= 15 is 0 Å². The zero-order valence-corrected chi connectivity index (χ0v) is 12.6. The number of nitrogens with one attached hydrogen (secondary N) is 1. The molecule has 3 heteroatoms. The molecule has 1 aromatic rings. The van der Waals surface area contributed by atoms with Crippen molar-refractivity contribution in [1.29, 1.82) is 0 Å². The fourth-order valence-corrected chi connectivity index (χ4v) is 4.61. The van der Waals surface area contributed by atoms with Crippen LogP contribution in [-0.2, 0) is 0 Å². The third kappa shape index (κ3) is 1.92. The zero-order valence-electron chi connectivity index (χ0n) is 11.8. The summed E-state index contributed by atoms with van der Waals surface area (Å²) in [5.41, 5.74) is 1.71. The van der Waals surface area contributed by atoms with Crippen molar-refractivity contribution in [2.24, 2.45) is 16.7 Å². The first kappa shape index (κ1) is 13.1. The van der Waals surface area contributed by atoms with E-state index in [0.717, 1.165) is 11.6 Å². The third-order valence-corrected chi connectivity index (χ3v) is 5.83. The number of aromatic hydroxyl groups is 1. The average Bonchev–Trinajstić information content (AvgIpc) is 2.80. The number of hydrogen-bond acceptors (Lipinski definition) is 2. The molecule has 2 aliphatic rings. The predicted octanol–water partition coefficient (Wildman–Crippen LogP) is 4.67. The number of fused-ring (bicyclic) bond motifs is 2. The largest absolute Gasteiger partial charge is 0.506 e. The summed E-state index contributed by atoms with van der Waals surface area (Å²) in [5.74, 6) is 0.966. The Bertz CT molecular complexity index is 509. The Morgan fingerprint density at radius 2 is 2.05 bits per heavy atom. The third-order valence-electron chi connectivity index (χ3n) is 5.53. The minimum atomic E-state index is 0.144. The van der Waals surface area contributed by atoms with Crippen LogP contribution < -0.4 is 5.32 Å². The van der Waals surface area contributed by atoms with E-state index < -0.39 is 0 Å². The van der Waals surface area contributed by atoms with Gasteiger partial charge in [-0.05, 0) is 54.2 Å². The molecule has 3 atom stereocenters. The van der Waals surface area contributed by atoms with Gasteiger partial charge in [-0.1, -0.05) is 32.4 Å². The molecule has 0 heterocycles. The standard InChI is InChI=1S/C16H22ClNO/c1-15(2)10-6-7-16(3,9-10)14(15)18-11-4-5-13(19)12(17)8-11/h4-5,8,10,14,18-19H,6-7,9H2,1-3H3. The highest BCUT2D eigenvalue weighted by atomic mass is 35.5. The van der Waals surface area contributed by atoms with Gasteiger partial charge in [0.25, 0.3) is 0 Å². The number of benzene rings is 1. The van der Waals surface area contributed by atoms with Crippen LogP contribution in [-0.4, -0.2) is 11.1 Å². The van der Waals surface area contributed by atoms with E-state index in [4.69, 9.17) is 11.6 Å². The van der Waals surface area contributed by atoms with Gasteiger partial charge in [-0.3, -0.25) is 0 Å². The van der Waals surface area contributed by atoms with Gasteiger partial charge >= 0.3 is 0 Å². The Balaban J connectivity index is 1.88. The number of hydrogen-bond donors (Lipinski definition) is 2. The summed E-state index contributed by atoms with van der Waals surface area (Å²) in [4.78, 5) is 0. The van der Waals surface area contributed by atoms with Crippen LogP contribution in [0.25, 0.3) is 0 Å². The molecule has 0 spiro atoms. The highest BCUT2D eigenvalue weighted by molar-refractivity contribution is 6.32. The number of phenols is 1. The molecule has 0 aliphatic heterocycles. The molecule has 3 rings (SSSR count). The number of rotatable bonds is 2. The van der Waals surface area contributed by atoms with Crippen molar-refractivity contribution in [2.45, 2.75) is 46.1 Å². The van der Waals surface area contributed by atoms with Gasteiger partial charge in [0.1, 0.15) is 5.75 Å². The number of halogens is 1. The molecule has 2 nitrogen and oxygen atoms in total. The van der Waals surface area contributed by atoms with Crippen molar-refractivity contribution in [1.82, 2.24) is 0 Å². The maximum atomic E-state index is 9.50. The zero-order chi connectivity index (χ0) is 13.8. The second-order valence-electron chi connectivity index (χ2n) is 7.16. The van der Waals surface area contributed by atoms with Crippen LogP contribution >= 0.6 is 11.6 Å². The topological polar surface area (TPSA) is 32.3 Å². The maximum Gasteiger partial charge on any atom is 0.134 e. The summed E-state index contributed by atoms with van der Waals surface area (Å²) >= 11 is 5.99. The van der Waals surface area contributed by atoms with Crippen molar-refractivity contribution >= 4 is 17.3 Å². The summed E-state index contributed by atoms with van der Waals surface area (Å²) in [5, 5.41) is 13.6. The minimum Gasteiger partial charge on any atom is -0.506 e. The van der Waals surface area contributed by atoms with Crippen molar-refractivity contribution < 1.29 is 5.11 Å². The molecule has 0 aromatic heterocycles. The molecule has 0 amide bonds. The lowest BCUT2D eigenvalue weighted by Crippen LogP contribution is -2.45. The lowest BCUT2D eigenvalue weighted by atomic mass is 9.68. The molecular weight excluding hydrogens is 258 g/mol. The summed E-state index contributed by atoms with van der Waals surface area (Å²) in [6, 6.07) is 5.86. The molecule has 2 N–H and O–H groups in total. The van der Waals surface area contributed by atoms with E-state index in [9.17, 15) is 5.11 Å². The van der Waals surface area contributed by atoms with Gasteiger partial charge in [-0.2, -0.15) is 0 Å². The van der Waals surface area contributed by atoms with Crippen LogP contribution in [0.5, 0.6) is 5.75 Å². The van der Waals surface area contributed by atoms with E-state index in [0.29, 0.717) is 21.9 Å². The Kier molecular flexibility index (Phi) is 2.79. The Labute approximate surface area is 120 Å².